The molecule has 0 aliphatic rings. The summed E-state index contributed by atoms with van der Waals surface area (Å²) < 4.78 is 5.70. The first-order valence-electron chi connectivity index (χ1n) is 3.95. The van der Waals surface area contributed by atoms with Gasteiger partial charge in [0.05, 0.1) is 6.54 Å². The molecule has 0 spiro atoms. The van der Waals surface area contributed by atoms with E-state index in [4.69, 9.17) is 10.3 Å². The van der Waals surface area contributed by atoms with Crippen LogP contribution in [0.25, 0.3) is 11.5 Å². The maximum atomic E-state index is 5.35. The van der Waals surface area contributed by atoms with Crippen LogP contribution in [0.1, 0.15) is 5.89 Å². The second-order valence-electron chi connectivity index (χ2n) is 2.55. The minimum Gasteiger partial charge on any atom is -0.338 e. The smallest absolute Gasteiger partial charge is 0.240 e. The molecule has 2 aromatic rings. The summed E-state index contributed by atoms with van der Waals surface area (Å²) in [6, 6.07) is 3.68. The summed E-state index contributed by atoms with van der Waals surface area (Å²) in [5.41, 5.74) is 6.00. The Hall–Kier alpha value is -1.27. The Morgan fingerprint density at radius 2 is 2.36 bits per heavy atom. The third-order valence-corrected chi connectivity index (χ3v) is 2.25. The summed E-state index contributed by atoms with van der Waals surface area (Å²) in [4.78, 5) is 8.19. The van der Waals surface area contributed by atoms with E-state index in [1.165, 1.54) is 0 Å². The molecule has 0 aromatic carbocycles. The van der Waals surface area contributed by atoms with Crippen molar-refractivity contribution in [3.63, 3.8) is 0 Å². The minimum absolute atomic E-state index is 0.234. The molecule has 2 rings (SSSR count). The Balaban J connectivity index is 2.44. The topological polar surface area (TPSA) is 77.8 Å². The summed E-state index contributed by atoms with van der Waals surface area (Å²) in [6.07, 6.45) is 1.67. The number of rotatable bonds is 2. The Bertz CT molecular complexity index is 442. The van der Waals surface area contributed by atoms with E-state index in [0.29, 0.717) is 17.4 Å². The van der Waals surface area contributed by atoms with Crippen molar-refractivity contribution >= 4 is 15.9 Å². The van der Waals surface area contributed by atoms with Crippen LogP contribution >= 0.6 is 15.9 Å². The minimum atomic E-state index is 0.234. The molecule has 2 heterocycles. The van der Waals surface area contributed by atoms with E-state index in [1.54, 1.807) is 6.20 Å². The second kappa shape index (κ2) is 3.85. The molecule has 0 saturated carbocycles. The summed E-state index contributed by atoms with van der Waals surface area (Å²) in [5, 5.41) is 3.76. The van der Waals surface area contributed by atoms with E-state index in [1.807, 2.05) is 12.1 Å². The maximum Gasteiger partial charge on any atom is 0.240 e. The first kappa shape index (κ1) is 9.29. The third kappa shape index (κ3) is 1.66. The molecule has 0 aliphatic carbocycles. The Morgan fingerprint density at radius 1 is 1.50 bits per heavy atom. The molecular weight excluding hydrogens is 248 g/mol. The molecule has 0 fully saturated rings. The SMILES string of the molecule is NCc1nc(-c2ncccc2Br)no1. The number of nitrogens with zero attached hydrogens (tertiary/aromatic N) is 3. The van der Waals surface area contributed by atoms with Crippen LogP contribution in [0.3, 0.4) is 0 Å². The highest BCUT2D eigenvalue weighted by Crippen LogP contribution is 2.22. The number of hydrogen-bond donors (Lipinski definition) is 1. The highest BCUT2D eigenvalue weighted by Gasteiger charge is 2.11. The zero-order valence-electron chi connectivity index (χ0n) is 7.14. The van der Waals surface area contributed by atoms with Crippen LogP contribution in [0, 0.1) is 0 Å². The molecular formula is C8H7BrN4O. The lowest BCUT2D eigenvalue weighted by Gasteiger charge is -1.94. The summed E-state index contributed by atoms with van der Waals surface area (Å²) in [6.45, 7) is 0.234. The molecule has 14 heavy (non-hydrogen) atoms. The molecule has 2 N–H and O–H groups in total. The molecule has 0 amide bonds. The van der Waals surface area contributed by atoms with Gasteiger partial charge in [-0.1, -0.05) is 5.16 Å². The lowest BCUT2D eigenvalue weighted by atomic mass is 10.3. The number of nitrogens with two attached hydrogens (primary N) is 1. The van der Waals surface area contributed by atoms with Crippen LogP contribution in [0.4, 0.5) is 0 Å². The largest absolute Gasteiger partial charge is 0.338 e. The second-order valence-corrected chi connectivity index (χ2v) is 3.40. The Labute approximate surface area is 88.5 Å². The zero-order valence-corrected chi connectivity index (χ0v) is 8.73. The number of pyridine rings is 1. The maximum absolute atomic E-state index is 5.35. The molecule has 6 heteroatoms. The predicted molar refractivity (Wildman–Crippen MR) is 53.1 cm³/mol. The lowest BCUT2D eigenvalue weighted by Crippen LogP contribution is -1.96. The van der Waals surface area contributed by atoms with Crippen LogP contribution in [0.15, 0.2) is 27.3 Å². The third-order valence-electron chi connectivity index (χ3n) is 1.61. The van der Waals surface area contributed by atoms with Gasteiger partial charge in [-0.25, -0.2) is 0 Å². The first-order chi connectivity index (χ1) is 6.81. The fraction of sp³-hybridized carbons (Fsp3) is 0.125. The summed E-state index contributed by atoms with van der Waals surface area (Å²) in [5.74, 6) is 0.843. The standard InChI is InChI=1S/C8H7BrN4O/c9-5-2-1-3-11-7(5)8-12-6(4-10)14-13-8/h1-3H,4,10H2. The van der Waals surface area contributed by atoms with Gasteiger partial charge in [0.25, 0.3) is 0 Å². The van der Waals surface area contributed by atoms with E-state index < -0.39 is 0 Å². The van der Waals surface area contributed by atoms with Gasteiger partial charge in [-0.3, -0.25) is 4.98 Å². The van der Waals surface area contributed by atoms with Crippen molar-refractivity contribution in [2.75, 3.05) is 0 Å². The summed E-state index contributed by atoms with van der Waals surface area (Å²) in [7, 11) is 0. The molecule has 0 unspecified atom stereocenters. The number of hydrogen-bond acceptors (Lipinski definition) is 5. The van der Waals surface area contributed by atoms with Gasteiger partial charge >= 0.3 is 0 Å². The highest BCUT2D eigenvalue weighted by atomic mass is 79.9. The first-order valence-corrected chi connectivity index (χ1v) is 4.74. The Morgan fingerprint density at radius 3 is 3.00 bits per heavy atom. The molecule has 0 bridgehead atoms. The van der Waals surface area contributed by atoms with Crippen LogP contribution in [0.2, 0.25) is 0 Å². The van der Waals surface area contributed by atoms with Crippen LogP contribution in [-0.2, 0) is 6.54 Å². The molecule has 5 nitrogen and oxygen atoms in total. The molecule has 0 aliphatic heterocycles. The quantitative estimate of drug-likeness (QED) is 0.876. The van der Waals surface area contributed by atoms with Gasteiger partial charge in [-0.15, -0.1) is 0 Å². The van der Waals surface area contributed by atoms with Gasteiger partial charge in [0.1, 0.15) is 5.69 Å². The molecule has 0 saturated heterocycles. The number of aromatic nitrogens is 3. The van der Waals surface area contributed by atoms with E-state index in [9.17, 15) is 0 Å². The van der Waals surface area contributed by atoms with Gasteiger partial charge in [0.15, 0.2) is 0 Å². The molecule has 72 valence electrons. The zero-order chi connectivity index (χ0) is 9.97. The van der Waals surface area contributed by atoms with Gasteiger partial charge < -0.3 is 10.3 Å². The Kier molecular flexibility index (Phi) is 2.55. The van der Waals surface area contributed by atoms with Crippen molar-refractivity contribution < 1.29 is 4.52 Å². The van der Waals surface area contributed by atoms with Gasteiger partial charge in [-0.05, 0) is 28.1 Å². The van der Waals surface area contributed by atoms with Gasteiger partial charge in [0, 0.05) is 10.7 Å². The van der Waals surface area contributed by atoms with Crippen molar-refractivity contribution in [2.45, 2.75) is 6.54 Å². The van der Waals surface area contributed by atoms with Gasteiger partial charge in [-0.2, -0.15) is 4.98 Å². The van der Waals surface area contributed by atoms with Crippen LogP contribution in [-0.4, -0.2) is 15.1 Å². The van der Waals surface area contributed by atoms with E-state index >= 15 is 0 Å². The van der Waals surface area contributed by atoms with Gasteiger partial charge in [0.2, 0.25) is 11.7 Å². The molecule has 0 atom stereocenters. The van der Waals surface area contributed by atoms with Crippen LogP contribution in [0.5, 0.6) is 0 Å². The van der Waals surface area contributed by atoms with E-state index in [2.05, 4.69) is 31.1 Å². The van der Waals surface area contributed by atoms with E-state index in [0.717, 1.165) is 4.47 Å². The van der Waals surface area contributed by atoms with E-state index in [-0.39, 0.29) is 6.54 Å². The van der Waals surface area contributed by atoms with Crippen molar-refractivity contribution in [1.29, 1.82) is 0 Å². The number of halogens is 1. The normalized spacial score (nSPS) is 10.4. The van der Waals surface area contributed by atoms with Crippen molar-refractivity contribution in [3.05, 3.63) is 28.7 Å². The summed E-state index contributed by atoms with van der Waals surface area (Å²) >= 11 is 3.35. The fourth-order valence-corrected chi connectivity index (χ4v) is 1.42. The van der Waals surface area contributed by atoms with Crippen molar-refractivity contribution in [3.8, 4) is 11.5 Å². The monoisotopic (exact) mass is 254 g/mol. The van der Waals surface area contributed by atoms with Crippen LogP contribution < -0.4 is 5.73 Å². The average Bonchev–Trinajstić information content (AvgIpc) is 2.67. The lowest BCUT2D eigenvalue weighted by molar-refractivity contribution is 0.380. The molecule has 2 aromatic heterocycles. The van der Waals surface area contributed by atoms with Crippen molar-refractivity contribution in [1.82, 2.24) is 15.1 Å². The highest BCUT2D eigenvalue weighted by molar-refractivity contribution is 9.10. The predicted octanol–water partition coefficient (Wildman–Crippen LogP) is 1.35. The average molecular weight is 255 g/mol. The fourth-order valence-electron chi connectivity index (χ4n) is 0.984. The molecule has 0 radical (unpaired) electrons. The van der Waals surface area contributed by atoms with Crippen molar-refractivity contribution in [2.24, 2.45) is 5.73 Å².